The van der Waals surface area contributed by atoms with Crippen LogP contribution in [0.25, 0.3) is 0 Å². The van der Waals surface area contributed by atoms with Crippen LogP contribution in [0.3, 0.4) is 0 Å². The highest BCUT2D eigenvalue weighted by Gasteiger charge is 2.12. The summed E-state index contributed by atoms with van der Waals surface area (Å²) >= 11 is 1.16. The number of ketones is 1. The molecule has 18 heavy (non-hydrogen) atoms. The van der Waals surface area contributed by atoms with E-state index in [4.69, 9.17) is 0 Å². The molecule has 0 aliphatic heterocycles. The molecule has 0 unspecified atom stereocenters. The van der Waals surface area contributed by atoms with Crippen molar-refractivity contribution >= 4 is 17.3 Å². The lowest BCUT2D eigenvalue weighted by Crippen LogP contribution is -2.40. The Bertz CT molecular complexity index is 699. The molecule has 0 fully saturated rings. The van der Waals surface area contributed by atoms with Crippen molar-refractivity contribution in [3.05, 3.63) is 43.7 Å². The monoisotopic (exact) mass is 266 g/mol. The molecule has 0 saturated heterocycles. The molecule has 2 heterocycles. The van der Waals surface area contributed by atoms with Crippen molar-refractivity contribution in [3.8, 4) is 0 Å². The summed E-state index contributed by atoms with van der Waals surface area (Å²) in [6.07, 6.45) is 2.82. The molecule has 7 nitrogen and oxygen atoms in total. The molecule has 0 radical (unpaired) electrons. The van der Waals surface area contributed by atoms with Gasteiger partial charge in [0.2, 0.25) is 0 Å². The summed E-state index contributed by atoms with van der Waals surface area (Å²) in [5.74, 6) is -0.369. The maximum Gasteiger partial charge on any atom is 0.331 e. The molecule has 0 aliphatic rings. The Kier molecular flexibility index (Phi) is 3.19. The number of hydrogen-bond donors (Lipinski definition) is 0. The number of rotatable bonds is 3. The second-order valence-corrected chi connectivity index (χ2v) is 4.63. The molecule has 2 aromatic heterocycles. The molecule has 2 aromatic rings. The van der Waals surface area contributed by atoms with Crippen molar-refractivity contribution < 1.29 is 4.79 Å². The second-order valence-electron chi connectivity index (χ2n) is 3.76. The van der Waals surface area contributed by atoms with Crippen LogP contribution >= 0.6 is 11.5 Å². The highest BCUT2D eigenvalue weighted by atomic mass is 32.1. The van der Waals surface area contributed by atoms with Crippen LogP contribution in [-0.2, 0) is 13.6 Å². The van der Waals surface area contributed by atoms with Crippen molar-refractivity contribution in [2.75, 3.05) is 0 Å². The summed E-state index contributed by atoms with van der Waals surface area (Å²) in [6.45, 7) is 1.53. The lowest BCUT2D eigenvalue weighted by atomic mass is 10.2. The Morgan fingerprint density at radius 1 is 1.44 bits per heavy atom. The Labute approximate surface area is 105 Å². The highest BCUT2D eigenvalue weighted by Crippen LogP contribution is 2.03. The largest absolute Gasteiger partial charge is 0.331 e. The first-order chi connectivity index (χ1) is 8.50. The van der Waals surface area contributed by atoms with Crippen LogP contribution < -0.4 is 11.2 Å². The third-order valence-corrected chi connectivity index (χ3v) is 3.11. The predicted molar refractivity (Wildman–Crippen MR) is 65.0 cm³/mol. The first-order valence-electron chi connectivity index (χ1n) is 5.08. The lowest BCUT2D eigenvalue weighted by Gasteiger charge is -2.07. The molecule has 0 amide bonds. The van der Waals surface area contributed by atoms with Gasteiger partial charge in [-0.25, -0.2) is 4.79 Å². The normalized spacial score (nSPS) is 10.6. The minimum absolute atomic E-state index is 0.00502. The highest BCUT2D eigenvalue weighted by molar-refractivity contribution is 7.05. The van der Waals surface area contributed by atoms with Crippen LogP contribution in [0, 0.1) is 0 Å². The van der Waals surface area contributed by atoms with Gasteiger partial charge in [-0.2, -0.15) is 0 Å². The topological polar surface area (TPSA) is 86.8 Å². The molecule has 0 aromatic carbocycles. The molecule has 94 valence electrons. The number of carbonyl (C=O) groups excluding carboxylic acids is 1. The minimum atomic E-state index is -0.578. The molecule has 0 bridgehead atoms. The van der Waals surface area contributed by atoms with Crippen LogP contribution in [0.2, 0.25) is 0 Å². The van der Waals surface area contributed by atoms with Gasteiger partial charge >= 0.3 is 5.69 Å². The van der Waals surface area contributed by atoms with Crippen LogP contribution in [0.4, 0.5) is 0 Å². The third-order valence-electron chi connectivity index (χ3n) is 2.47. The molecule has 0 N–H and O–H groups in total. The Morgan fingerprint density at radius 2 is 2.17 bits per heavy atom. The summed E-state index contributed by atoms with van der Waals surface area (Å²) in [4.78, 5) is 35.7. The summed E-state index contributed by atoms with van der Waals surface area (Å²) in [7, 11) is 1.35. The van der Waals surface area contributed by atoms with Crippen LogP contribution in [-0.4, -0.2) is 24.5 Å². The molecule has 8 heteroatoms. The van der Waals surface area contributed by atoms with Gasteiger partial charge in [0, 0.05) is 13.2 Å². The fourth-order valence-corrected chi connectivity index (χ4v) is 2.00. The van der Waals surface area contributed by atoms with Crippen molar-refractivity contribution in [2.24, 2.45) is 7.05 Å². The summed E-state index contributed by atoms with van der Waals surface area (Å²) in [5.41, 5.74) is -1.06. The summed E-state index contributed by atoms with van der Waals surface area (Å²) < 4.78 is 5.91. The van der Waals surface area contributed by atoms with E-state index < -0.39 is 11.2 Å². The van der Waals surface area contributed by atoms with Gasteiger partial charge in [0.15, 0.2) is 5.78 Å². The zero-order valence-electron chi connectivity index (χ0n) is 9.78. The number of aromatic nitrogens is 4. The second kappa shape index (κ2) is 4.65. The SMILES string of the molecule is CC(=O)c1cn(Cc2cnns2)c(=O)n(C)c1=O. The fourth-order valence-electron chi connectivity index (χ4n) is 1.51. The zero-order chi connectivity index (χ0) is 13.3. The molecule has 0 atom stereocenters. The number of carbonyl (C=O) groups is 1. The Morgan fingerprint density at radius 3 is 2.72 bits per heavy atom. The standard InChI is InChI=1S/C10H10N4O3S/c1-6(15)8-5-14(4-7-3-11-12-18-7)10(17)13(2)9(8)16/h3,5H,4H2,1-2H3. The zero-order valence-corrected chi connectivity index (χ0v) is 10.6. The Balaban J connectivity index is 2.58. The minimum Gasteiger partial charge on any atom is -0.294 e. The molecular formula is C10H10N4O3S. The molecule has 0 spiro atoms. The van der Waals surface area contributed by atoms with Crippen molar-refractivity contribution in [1.82, 2.24) is 18.7 Å². The number of Topliss-reactive ketones (excluding diaryl/α,β-unsaturated/α-hetero) is 1. The van der Waals surface area contributed by atoms with Crippen molar-refractivity contribution in [1.29, 1.82) is 0 Å². The number of hydrogen-bond acceptors (Lipinski definition) is 6. The van der Waals surface area contributed by atoms with Crippen molar-refractivity contribution in [2.45, 2.75) is 13.5 Å². The average Bonchev–Trinajstić information content (AvgIpc) is 2.82. The average molecular weight is 266 g/mol. The lowest BCUT2D eigenvalue weighted by molar-refractivity contribution is 0.101. The fraction of sp³-hybridized carbons (Fsp3) is 0.300. The van der Waals surface area contributed by atoms with Crippen LogP contribution in [0.15, 0.2) is 22.0 Å². The van der Waals surface area contributed by atoms with E-state index in [1.54, 1.807) is 0 Å². The molecule has 2 rings (SSSR count). The van der Waals surface area contributed by atoms with Gasteiger partial charge in [-0.1, -0.05) is 4.49 Å². The van der Waals surface area contributed by atoms with E-state index in [1.165, 1.54) is 30.9 Å². The van der Waals surface area contributed by atoms with Gasteiger partial charge in [0.05, 0.1) is 23.2 Å². The van der Waals surface area contributed by atoms with E-state index >= 15 is 0 Å². The van der Waals surface area contributed by atoms with Gasteiger partial charge in [-0.05, 0) is 18.5 Å². The van der Waals surface area contributed by atoms with Gasteiger partial charge in [0.1, 0.15) is 0 Å². The molecular weight excluding hydrogens is 256 g/mol. The number of nitrogens with zero attached hydrogens (tertiary/aromatic N) is 4. The van der Waals surface area contributed by atoms with Gasteiger partial charge in [0.25, 0.3) is 5.56 Å². The first kappa shape index (κ1) is 12.4. The van der Waals surface area contributed by atoms with Crippen LogP contribution in [0.5, 0.6) is 0 Å². The summed E-state index contributed by atoms with van der Waals surface area (Å²) in [6, 6.07) is 0. The molecule has 0 aliphatic carbocycles. The van der Waals surface area contributed by atoms with E-state index in [9.17, 15) is 14.4 Å². The van der Waals surface area contributed by atoms with E-state index in [0.29, 0.717) is 0 Å². The molecule has 0 saturated carbocycles. The maximum absolute atomic E-state index is 11.9. The van der Waals surface area contributed by atoms with E-state index in [2.05, 4.69) is 9.59 Å². The first-order valence-corrected chi connectivity index (χ1v) is 5.85. The van der Waals surface area contributed by atoms with Gasteiger partial charge in [-0.15, -0.1) is 5.10 Å². The third kappa shape index (κ3) is 2.14. The predicted octanol–water partition coefficient (Wildman–Crippen LogP) is -0.351. The smallest absolute Gasteiger partial charge is 0.294 e. The van der Waals surface area contributed by atoms with Crippen LogP contribution in [0.1, 0.15) is 22.2 Å². The maximum atomic E-state index is 11.9. The summed E-state index contributed by atoms with van der Waals surface area (Å²) in [5, 5.41) is 3.66. The quantitative estimate of drug-likeness (QED) is 0.709. The van der Waals surface area contributed by atoms with Crippen molar-refractivity contribution in [3.63, 3.8) is 0 Å². The van der Waals surface area contributed by atoms with Gasteiger partial charge < -0.3 is 0 Å². The van der Waals surface area contributed by atoms with E-state index in [1.807, 2.05) is 0 Å². The van der Waals surface area contributed by atoms with E-state index in [0.717, 1.165) is 21.0 Å². The Hall–Kier alpha value is -2.09. The van der Waals surface area contributed by atoms with Gasteiger partial charge in [-0.3, -0.25) is 18.7 Å². The van der Waals surface area contributed by atoms with E-state index in [-0.39, 0.29) is 17.9 Å².